The van der Waals surface area contributed by atoms with Crippen molar-refractivity contribution in [2.45, 2.75) is 17.6 Å². The minimum absolute atomic E-state index is 0.362. The fraction of sp³-hybridized carbons (Fsp3) is 0.143. The molecule has 0 aromatic heterocycles. The Morgan fingerprint density at radius 1 is 1.16 bits per heavy atom. The highest BCUT2D eigenvalue weighted by atomic mass is 35.5. The van der Waals surface area contributed by atoms with Gasteiger partial charge in [0.05, 0.1) is 16.6 Å². The zero-order chi connectivity index (χ0) is 14.0. The lowest BCUT2D eigenvalue weighted by atomic mass is 10.2. The van der Waals surface area contributed by atoms with Crippen LogP contribution in [-0.4, -0.2) is 4.21 Å². The van der Waals surface area contributed by atoms with Crippen molar-refractivity contribution in [1.29, 1.82) is 0 Å². The SMILES string of the molecule is Cc1cc(N)ccc1S(=O)Cc1ccc(Cl)cc1Cl. The van der Waals surface area contributed by atoms with E-state index >= 15 is 0 Å². The van der Waals surface area contributed by atoms with Crippen molar-refractivity contribution in [3.05, 3.63) is 57.6 Å². The van der Waals surface area contributed by atoms with Crippen LogP contribution in [-0.2, 0) is 16.6 Å². The van der Waals surface area contributed by atoms with E-state index in [0.717, 1.165) is 16.0 Å². The number of hydrogen-bond acceptors (Lipinski definition) is 2. The quantitative estimate of drug-likeness (QED) is 0.863. The molecule has 0 aliphatic rings. The Kier molecular flexibility index (Phi) is 4.50. The first-order valence-electron chi connectivity index (χ1n) is 5.66. The Morgan fingerprint density at radius 3 is 2.53 bits per heavy atom. The highest BCUT2D eigenvalue weighted by Crippen LogP contribution is 2.25. The van der Waals surface area contributed by atoms with E-state index < -0.39 is 10.8 Å². The number of nitrogens with two attached hydrogens (primary N) is 1. The van der Waals surface area contributed by atoms with Crippen LogP contribution in [0.3, 0.4) is 0 Å². The fourth-order valence-electron chi connectivity index (χ4n) is 1.79. The molecule has 100 valence electrons. The lowest BCUT2D eigenvalue weighted by Gasteiger charge is -2.08. The maximum atomic E-state index is 12.4. The van der Waals surface area contributed by atoms with Crippen LogP contribution >= 0.6 is 23.2 Å². The van der Waals surface area contributed by atoms with Gasteiger partial charge in [-0.15, -0.1) is 0 Å². The fourth-order valence-corrected chi connectivity index (χ4v) is 3.67. The number of halogens is 2. The summed E-state index contributed by atoms with van der Waals surface area (Å²) in [6.45, 7) is 1.90. The minimum Gasteiger partial charge on any atom is -0.399 e. The molecule has 0 amide bonds. The van der Waals surface area contributed by atoms with E-state index in [1.54, 1.807) is 30.3 Å². The van der Waals surface area contributed by atoms with Gasteiger partial charge in [0.1, 0.15) is 0 Å². The largest absolute Gasteiger partial charge is 0.399 e. The van der Waals surface area contributed by atoms with Gasteiger partial charge in [0.25, 0.3) is 0 Å². The maximum Gasteiger partial charge on any atom is 0.0577 e. The monoisotopic (exact) mass is 313 g/mol. The molecule has 1 unspecified atom stereocenters. The summed E-state index contributed by atoms with van der Waals surface area (Å²) in [6.07, 6.45) is 0. The van der Waals surface area contributed by atoms with Crippen LogP contribution in [0.5, 0.6) is 0 Å². The first kappa shape index (κ1) is 14.4. The van der Waals surface area contributed by atoms with Gasteiger partial charge in [-0.2, -0.15) is 0 Å². The Hall–Kier alpha value is -1.03. The van der Waals surface area contributed by atoms with Crippen molar-refractivity contribution in [3.63, 3.8) is 0 Å². The van der Waals surface area contributed by atoms with Crippen LogP contribution < -0.4 is 5.73 Å². The highest BCUT2D eigenvalue weighted by Gasteiger charge is 2.11. The molecule has 2 rings (SSSR count). The van der Waals surface area contributed by atoms with Gasteiger partial charge in [0.15, 0.2) is 0 Å². The zero-order valence-electron chi connectivity index (χ0n) is 10.3. The van der Waals surface area contributed by atoms with Crippen LogP contribution in [0.4, 0.5) is 5.69 Å². The molecule has 0 bridgehead atoms. The van der Waals surface area contributed by atoms with Crippen molar-refractivity contribution in [3.8, 4) is 0 Å². The van der Waals surface area contributed by atoms with E-state index in [1.165, 1.54) is 0 Å². The summed E-state index contributed by atoms with van der Waals surface area (Å²) >= 11 is 11.9. The summed E-state index contributed by atoms with van der Waals surface area (Å²) in [5.41, 5.74) is 8.10. The molecule has 0 spiro atoms. The van der Waals surface area contributed by atoms with E-state index in [4.69, 9.17) is 28.9 Å². The van der Waals surface area contributed by atoms with Crippen molar-refractivity contribution < 1.29 is 4.21 Å². The van der Waals surface area contributed by atoms with Gasteiger partial charge in [-0.05, 0) is 48.4 Å². The van der Waals surface area contributed by atoms with Crippen LogP contribution in [0.25, 0.3) is 0 Å². The first-order chi connectivity index (χ1) is 8.97. The third-order valence-corrected chi connectivity index (χ3v) is 4.85. The molecule has 0 heterocycles. The highest BCUT2D eigenvalue weighted by molar-refractivity contribution is 7.84. The zero-order valence-corrected chi connectivity index (χ0v) is 12.6. The number of hydrogen-bond donors (Lipinski definition) is 1. The molecule has 2 nitrogen and oxygen atoms in total. The van der Waals surface area contributed by atoms with Crippen LogP contribution in [0.2, 0.25) is 10.0 Å². The second kappa shape index (κ2) is 5.95. The summed E-state index contributed by atoms with van der Waals surface area (Å²) < 4.78 is 12.4. The van der Waals surface area contributed by atoms with Gasteiger partial charge in [-0.3, -0.25) is 4.21 Å². The molecular weight excluding hydrogens is 301 g/mol. The average Bonchev–Trinajstić information content (AvgIpc) is 2.32. The van der Waals surface area contributed by atoms with Crippen LogP contribution in [0, 0.1) is 6.92 Å². The topological polar surface area (TPSA) is 43.1 Å². The molecular formula is C14H13Cl2NOS. The molecule has 5 heteroatoms. The number of nitrogen functional groups attached to an aromatic ring is 1. The normalized spacial score (nSPS) is 12.4. The van der Waals surface area contributed by atoms with Crippen molar-refractivity contribution >= 4 is 39.7 Å². The smallest absolute Gasteiger partial charge is 0.0577 e. The van der Waals surface area contributed by atoms with Crippen LogP contribution in [0.15, 0.2) is 41.3 Å². The minimum atomic E-state index is -1.15. The Morgan fingerprint density at radius 2 is 1.89 bits per heavy atom. The van der Waals surface area contributed by atoms with E-state index in [1.807, 2.05) is 13.0 Å². The molecule has 0 aliphatic heterocycles. The summed E-state index contributed by atoms with van der Waals surface area (Å²) in [7, 11) is -1.15. The molecule has 2 aromatic rings. The average molecular weight is 314 g/mol. The second-order valence-electron chi connectivity index (χ2n) is 4.25. The summed E-state index contributed by atoms with van der Waals surface area (Å²) in [6, 6.07) is 10.6. The number of rotatable bonds is 3. The van der Waals surface area contributed by atoms with Crippen LogP contribution in [0.1, 0.15) is 11.1 Å². The van der Waals surface area contributed by atoms with Gasteiger partial charge in [-0.1, -0.05) is 29.3 Å². The second-order valence-corrected chi connectivity index (χ2v) is 6.51. The molecule has 2 aromatic carbocycles. The maximum absolute atomic E-state index is 12.4. The lowest BCUT2D eigenvalue weighted by molar-refractivity contribution is 0.682. The van der Waals surface area contributed by atoms with E-state index in [9.17, 15) is 4.21 Å². The Labute approximate surface area is 125 Å². The van der Waals surface area contributed by atoms with Gasteiger partial charge >= 0.3 is 0 Å². The first-order valence-corrected chi connectivity index (χ1v) is 7.73. The Bertz CT molecular complexity index is 643. The predicted octanol–water partition coefficient (Wildman–Crippen LogP) is 4.19. The van der Waals surface area contributed by atoms with E-state index in [2.05, 4.69) is 0 Å². The Balaban J connectivity index is 2.25. The lowest BCUT2D eigenvalue weighted by Crippen LogP contribution is -2.00. The van der Waals surface area contributed by atoms with Crippen molar-refractivity contribution in [1.82, 2.24) is 0 Å². The van der Waals surface area contributed by atoms with Crippen molar-refractivity contribution in [2.24, 2.45) is 0 Å². The molecule has 0 radical (unpaired) electrons. The summed E-state index contributed by atoms with van der Waals surface area (Å²) in [5, 5.41) is 1.11. The number of benzene rings is 2. The summed E-state index contributed by atoms with van der Waals surface area (Å²) in [5.74, 6) is 0.362. The van der Waals surface area contributed by atoms with E-state index in [0.29, 0.717) is 21.5 Å². The summed E-state index contributed by atoms with van der Waals surface area (Å²) in [4.78, 5) is 0.778. The molecule has 0 fully saturated rings. The van der Waals surface area contributed by atoms with Crippen molar-refractivity contribution in [2.75, 3.05) is 5.73 Å². The third-order valence-electron chi connectivity index (χ3n) is 2.75. The third kappa shape index (κ3) is 3.50. The van der Waals surface area contributed by atoms with Gasteiger partial charge in [-0.25, -0.2) is 0 Å². The standard InChI is InChI=1S/C14H13Cl2NOS/c1-9-6-12(17)4-5-14(9)19(18)8-10-2-3-11(15)7-13(10)16/h2-7H,8,17H2,1H3. The molecule has 0 saturated heterocycles. The number of anilines is 1. The number of aryl methyl sites for hydroxylation is 1. The predicted molar refractivity (Wildman–Crippen MR) is 82.2 cm³/mol. The molecule has 1 atom stereocenters. The molecule has 0 saturated carbocycles. The molecule has 19 heavy (non-hydrogen) atoms. The molecule has 2 N–H and O–H groups in total. The van der Waals surface area contributed by atoms with Gasteiger partial charge in [0.2, 0.25) is 0 Å². The van der Waals surface area contributed by atoms with Gasteiger partial charge < -0.3 is 5.73 Å². The van der Waals surface area contributed by atoms with Gasteiger partial charge in [0, 0.05) is 20.6 Å². The van der Waals surface area contributed by atoms with E-state index in [-0.39, 0.29) is 0 Å². The molecule has 0 aliphatic carbocycles.